The average molecular weight is 499 g/mol. The van der Waals surface area contributed by atoms with Crippen molar-refractivity contribution >= 4 is 34.4 Å². The molecule has 3 N–H and O–H groups in total. The van der Waals surface area contributed by atoms with E-state index in [1.54, 1.807) is 6.07 Å². The Kier molecular flexibility index (Phi) is 8.00. The monoisotopic (exact) mass is 499 g/mol. The molecule has 12 heteroatoms. The van der Waals surface area contributed by atoms with Gasteiger partial charge in [0, 0.05) is 53.1 Å². The Morgan fingerprint density at radius 1 is 1.22 bits per heavy atom. The number of nitrogens with one attached hydrogen (secondary N) is 2. The molecule has 3 amide bonds. The molecule has 0 unspecified atom stereocenters. The zero-order valence-electron chi connectivity index (χ0n) is 20.2. The summed E-state index contributed by atoms with van der Waals surface area (Å²) in [5, 5.41) is 15.6. The molecule has 0 bridgehead atoms. The number of methoxy groups -OCH3 is 1. The molecular weight excluding hydrogens is 473 g/mol. The van der Waals surface area contributed by atoms with Gasteiger partial charge in [-0.2, -0.15) is 0 Å². The molecule has 190 valence electrons. The number of aromatic nitrogens is 2. The Morgan fingerprint density at radius 2 is 1.94 bits per heavy atom. The number of benzene rings is 1. The van der Waals surface area contributed by atoms with Gasteiger partial charge in [0.1, 0.15) is 16.9 Å². The number of halogens is 1. The van der Waals surface area contributed by atoms with Gasteiger partial charge in [-0.05, 0) is 29.3 Å². The molecule has 0 radical (unpaired) electrons. The van der Waals surface area contributed by atoms with Gasteiger partial charge in [-0.3, -0.25) is 24.2 Å². The lowest BCUT2D eigenvalue weighted by atomic mass is 10.0. The first-order chi connectivity index (χ1) is 17.0. The molecule has 2 aromatic heterocycles. The van der Waals surface area contributed by atoms with Gasteiger partial charge in [0.25, 0.3) is 11.5 Å². The second-order valence-corrected chi connectivity index (χ2v) is 8.18. The summed E-state index contributed by atoms with van der Waals surface area (Å²) >= 11 is 0. The predicted molar refractivity (Wildman–Crippen MR) is 129 cm³/mol. The summed E-state index contributed by atoms with van der Waals surface area (Å²) in [6, 6.07) is 5.36. The highest BCUT2D eigenvalue weighted by atomic mass is 19.1. The molecule has 3 rings (SSSR count). The number of fused-ring (bicyclic) bond motifs is 1. The van der Waals surface area contributed by atoms with Crippen LogP contribution < -0.4 is 16.2 Å². The summed E-state index contributed by atoms with van der Waals surface area (Å²) in [7, 11) is 5.75. The predicted octanol–water partition coefficient (Wildman–Crippen LogP) is 0.772. The highest BCUT2D eigenvalue weighted by Gasteiger charge is 2.22. The van der Waals surface area contributed by atoms with Crippen molar-refractivity contribution in [3.05, 3.63) is 63.3 Å². The van der Waals surface area contributed by atoms with Gasteiger partial charge in [-0.15, -0.1) is 0 Å². The van der Waals surface area contributed by atoms with Gasteiger partial charge >= 0.3 is 11.8 Å². The lowest BCUT2D eigenvalue weighted by Crippen LogP contribution is -2.34. The van der Waals surface area contributed by atoms with E-state index < -0.39 is 40.4 Å². The van der Waals surface area contributed by atoms with Crippen molar-refractivity contribution in [1.29, 1.82) is 0 Å². The highest BCUT2D eigenvalue weighted by molar-refractivity contribution is 6.39. The fraction of sp³-hybridized carbons (Fsp3) is 0.292. The number of rotatable bonds is 7. The summed E-state index contributed by atoms with van der Waals surface area (Å²) < 4.78 is 19.9. The third-order valence-electron chi connectivity index (χ3n) is 5.40. The molecule has 2 heterocycles. The van der Waals surface area contributed by atoms with Gasteiger partial charge in [-0.25, -0.2) is 4.39 Å². The lowest BCUT2D eigenvalue weighted by molar-refractivity contribution is -0.141. The highest BCUT2D eigenvalue weighted by Crippen LogP contribution is 2.27. The van der Waals surface area contributed by atoms with Crippen molar-refractivity contribution < 1.29 is 28.6 Å². The van der Waals surface area contributed by atoms with Crippen LogP contribution in [0.1, 0.15) is 21.5 Å². The van der Waals surface area contributed by atoms with Crippen LogP contribution in [-0.2, 0) is 27.8 Å². The van der Waals surface area contributed by atoms with Crippen LogP contribution in [0.15, 0.2) is 35.3 Å². The molecule has 3 aromatic rings. The quantitative estimate of drug-likeness (QED) is 0.322. The minimum Gasteiger partial charge on any atom is -0.505 e. The van der Waals surface area contributed by atoms with Crippen LogP contribution in [0, 0.1) is 5.82 Å². The van der Waals surface area contributed by atoms with Crippen molar-refractivity contribution in [1.82, 2.24) is 19.8 Å². The molecule has 0 aliphatic rings. The van der Waals surface area contributed by atoms with E-state index in [4.69, 9.17) is 4.74 Å². The van der Waals surface area contributed by atoms with Crippen LogP contribution in [-0.4, -0.2) is 71.6 Å². The van der Waals surface area contributed by atoms with Crippen LogP contribution in [0.25, 0.3) is 11.0 Å². The van der Waals surface area contributed by atoms with E-state index in [1.807, 2.05) is 0 Å². The molecule has 0 atom stereocenters. The van der Waals surface area contributed by atoms with E-state index in [1.165, 1.54) is 51.1 Å². The smallest absolute Gasteiger partial charge is 0.313 e. The second-order valence-electron chi connectivity index (χ2n) is 8.18. The first-order valence-corrected chi connectivity index (χ1v) is 10.8. The summed E-state index contributed by atoms with van der Waals surface area (Å²) in [5.74, 6) is -3.63. The number of carbonyl (C=O) groups is 3. The van der Waals surface area contributed by atoms with Crippen molar-refractivity contribution in [3.63, 3.8) is 0 Å². The van der Waals surface area contributed by atoms with Crippen LogP contribution in [0.2, 0.25) is 0 Å². The van der Waals surface area contributed by atoms with Crippen molar-refractivity contribution in [2.75, 3.05) is 39.7 Å². The standard InChI is InChI=1S/C24H26FN5O6/c1-29(2)24(35)22(33)28-16-11-15(25)6-5-14(16)9-13-10-17-19(27-12-13)20(31)18(23(34)30(17)3)21(32)26-7-8-36-4/h5-6,10-12,31H,7-9H2,1-4H3,(H,26,32)(H,28,33). The lowest BCUT2D eigenvalue weighted by Gasteiger charge is -2.15. The van der Waals surface area contributed by atoms with Crippen LogP contribution >= 0.6 is 0 Å². The Bertz CT molecular complexity index is 1400. The number of likely N-dealkylation sites (N-methyl/N-ethyl adjacent to an activating group) is 1. The molecule has 0 saturated heterocycles. The number of carbonyl (C=O) groups excluding carboxylic acids is 3. The molecule has 0 aliphatic carbocycles. The maximum Gasteiger partial charge on any atom is 0.313 e. The molecular formula is C24H26FN5O6. The van der Waals surface area contributed by atoms with Gasteiger partial charge in [0.2, 0.25) is 0 Å². The zero-order chi connectivity index (χ0) is 26.6. The van der Waals surface area contributed by atoms with E-state index in [-0.39, 0.29) is 36.3 Å². The third-order valence-corrected chi connectivity index (χ3v) is 5.40. The van der Waals surface area contributed by atoms with Crippen LogP contribution in [0.3, 0.4) is 0 Å². The van der Waals surface area contributed by atoms with E-state index in [0.717, 1.165) is 11.0 Å². The number of hydrogen-bond acceptors (Lipinski definition) is 7. The molecule has 0 saturated carbocycles. The Hall–Kier alpha value is -4.32. The average Bonchev–Trinajstić information content (AvgIpc) is 2.84. The Labute approximate surface area is 205 Å². The maximum absolute atomic E-state index is 13.9. The topological polar surface area (TPSA) is 143 Å². The minimum atomic E-state index is -0.924. The first-order valence-electron chi connectivity index (χ1n) is 10.8. The number of aromatic hydroxyl groups is 1. The number of ether oxygens (including phenoxy) is 1. The number of aryl methyl sites for hydroxylation is 1. The largest absolute Gasteiger partial charge is 0.505 e. The fourth-order valence-corrected chi connectivity index (χ4v) is 3.50. The minimum absolute atomic E-state index is 0.0435. The summed E-state index contributed by atoms with van der Waals surface area (Å²) in [6.45, 7) is 0.385. The van der Waals surface area contributed by atoms with Gasteiger partial charge in [0.05, 0.1) is 12.1 Å². The maximum atomic E-state index is 13.9. The first kappa shape index (κ1) is 26.3. The number of hydrogen-bond donors (Lipinski definition) is 3. The molecule has 0 spiro atoms. The zero-order valence-corrected chi connectivity index (χ0v) is 20.2. The van der Waals surface area contributed by atoms with E-state index in [0.29, 0.717) is 11.1 Å². The second kappa shape index (κ2) is 11.0. The van der Waals surface area contributed by atoms with E-state index in [9.17, 15) is 28.7 Å². The number of nitrogens with zero attached hydrogens (tertiary/aromatic N) is 3. The van der Waals surface area contributed by atoms with E-state index >= 15 is 0 Å². The normalized spacial score (nSPS) is 10.8. The molecule has 11 nitrogen and oxygen atoms in total. The van der Waals surface area contributed by atoms with E-state index in [2.05, 4.69) is 15.6 Å². The number of anilines is 1. The summed E-state index contributed by atoms with van der Waals surface area (Å²) in [5.41, 5.74) is 0.313. The third kappa shape index (κ3) is 5.49. The SMILES string of the molecule is COCCNC(=O)c1c(O)c2ncc(Cc3ccc(F)cc3NC(=O)C(=O)N(C)C)cc2n(C)c1=O. The van der Waals surface area contributed by atoms with Crippen LogP contribution in [0.4, 0.5) is 10.1 Å². The molecule has 0 aliphatic heterocycles. The Morgan fingerprint density at radius 3 is 2.61 bits per heavy atom. The Balaban J connectivity index is 1.97. The fourth-order valence-electron chi connectivity index (χ4n) is 3.50. The van der Waals surface area contributed by atoms with Crippen LogP contribution in [0.5, 0.6) is 5.75 Å². The summed E-state index contributed by atoms with van der Waals surface area (Å²) in [4.78, 5) is 54.7. The number of pyridine rings is 2. The van der Waals surface area contributed by atoms with Crippen molar-refractivity contribution in [2.45, 2.75) is 6.42 Å². The summed E-state index contributed by atoms with van der Waals surface area (Å²) in [6.07, 6.45) is 1.59. The van der Waals surface area contributed by atoms with Gasteiger partial charge in [-0.1, -0.05) is 6.07 Å². The van der Waals surface area contributed by atoms with Crippen molar-refractivity contribution in [3.8, 4) is 5.75 Å². The van der Waals surface area contributed by atoms with Crippen molar-refractivity contribution in [2.24, 2.45) is 7.05 Å². The number of amides is 3. The van der Waals surface area contributed by atoms with Gasteiger partial charge in [0.15, 0.2) is 5.75 Å². The van der Waals surface area contributed by atoms with Gasteiger partial charge < -0.3 is 29.9 Å². The molecule has 36 heavy (non-hydrogen) atoms. The molecule has 0 fully saturated rings. The molecule has 1 aromatic carbocycles.